The zero-order valence-electron chi connectivity index (χ0n) is 11.2. The average molecular weight is 283 g/mol. The summed E-state index contributed by atoms with van der Waals surface area (Å²) in [6.07, 6.45) is 2.04. The Hall–Kier alpha value is -1.11. The molecule has 0 bridgehead atoms. The van der Waals surface area contributed by atoms with Gasteiger partial charge < -0.3 is 5.73 Å². The quantitative estimate of drug-likeness (QED) is 0.819. The summed E-state index contributed by atoms with van der Waals surface area (Å²) in [5, 5.41) is 0. The molecule has 1 fully saturated rings. The van der Waals surface area contributed by atoms with E-state index in [1.807, 2.05) is 12.1 Å². The van der Waals surface area contributed by atoms with Crippen LogP contribution in [0.25, 0.3) is 0 Å². The van der Waals surface area contributed by atoms with Gasteiger partial charge in [0.2, 0.25) is 0 Å². The van der Waals surface area contributed by atoms with Crippen molar-refractivity contribution in [2.24, 2.45) is 5.92 Å². The van der Waals surface area contributed by atoms with Crippen LogP contribution in [0, 0.1) is 5.92 Å². The number of hydrogen-bond acceptors (Lipinski definition) is 3. The molecule has 0 aromatic heterocycles. The molecule has 1 atom stereocenters. The number of piperidine rings is 1. The molecule has 19 heavy (non-hydrogen) atoms. The predicted molar refractivity (Wildman–Crippen MR) is 76.6 cm³/mol. The predicted octanol–water partition coefficient (Wildman–Crippen LogP) is 1.34. The standard InChI is InChI=1S/C13H21N3O2S/c1-11-3-2-8-16(10-11)19(17,18)15-9-12-4-6-13(14)7-5-12/h4-7,11,15H,2-3,8-10,14H2,1H3. The lowest BCUT2D eigenvalue weighted by atomic mass is 10.0. The molecule has 106 valence electrons. The summed E-state index contributed by atoms with van der Waals surface area (Å²) in [5.41, 5.74) is 7.18. The third-order valence-electron chi connectivity index (χ3n) is 3.40. The summed E-state index contributed by atoms with van der Waals surface area (Å²) in [5.74, 6) is 0.432. The smallest absolute Gasteiger partial charge is 0.279 e. The molecule has 0 spiro atoms. The van der Waals surface area contributed by atoms with Gasteiger partial charge in [-0.2, -0.15) is 17.4 Å². The van der Waals surface area contributed by atoms with E-state index in [1.165, 1.54) is 0 Å². The number of hydrogen-bond donors (Lipinski definition) is 2. The van der Waals surface area contributed by atoms with Gasteiger partial charge in [-0.1, -0.05) is 19.1 Å². The van der Waals surface area contributed by atoms with E-state index in [0.29, 0.717) is 31.2 Å². The molecule has 3 N–H and O–H groups in total. The Morgan fingerprint density at radius 2 is 2.05 bits per heavy atom. The molecule has 6 heteroatoms. The van der Waals surface area contributed by atoms with Gasteiger partial charge in [-0.05, 0) is 36.5 Å². The minimum atomic E-state index is -3.37. The van der Waals surface area contributed by atoms with Crippen molar-refractivity contribution in [1.82, 2.24) is 9.03 Å². The van der Waals surface area contributed by atoms with Gasteiger partial charge in [-0.25, -0.2) is 0 Å². The molecule has 1 aromatic carbocycles. The molecule has 1 heterocycles. The number of nitrogen functional groups attached to an aromatic ring is 1. The first-order valence-electron chi connectivity index (χ1n) is 6.56. The van der Waals surface area contributed by atoms with Crippen molar-refractivity contribution in [3.63, 3.8) is 0 Å². The van der Waals surface area contributed by atoms with Crippen molar-refractivity contribution < 1.29 is 8.42 Å². The first-order chi connectivity index (χ1) is 8.97. The van der Waals surface area contributed by atoms with Crippen molar-refractivity contribution in [2.75, 3.05) is 18.8 Å². The van der Waals surface area contributed by atoms with Gasteiger partial charge in [0.05, 0.1) is 0 Å². The fraction of sp³-hybridized carbons (Fsp3) is 0.538. The third-order valence-corrected chi connectivity index (χ3v) is 4.92. The molecule has 0 saturated carbocycles. The van der Waals surface area contributed by atoms with E-state index < -0.39 is 10.2 Å². The van der Waals surface area contributed by atoms with Crippen LogP contribution in [0.3, 0.4) is 0 Å². The summed E-state index contributed by atoms with van der Waals surface area (Å²) in [6, 6.07) is 7.20. The number of rotatable bonds is 4. The van der Waals surface area contributed by atoms with E-state index in [9.17, 15) is 8.42 Å². The SMILES string of the molecule is CC1CCCN(S(=O)(=O)NCc2ccc(N)cc2)C1. The van der Waals surface area contributed by atoms with E-state index in [4.69, 9.17) is 5.73 Å². The fourth-order valence-electron chi connectivity index (χ4n) is 2.27. The van der Waals surface area contributed by atoms with Gasteiger partial charge in [0, 0.05) is 25.3 Å². The van der Waals surface area contributed by atoms with Crippen molar-refractivity contribution in [3.8, 4) is 0 Å². The Morgan fingerprint density at radius 3 is 2.68 bits per heavy atom. The van der Waals surface area contributed by atoms with Crippen molar-refractivity contribution in [1.29, 1.82) is 0 Å². The van der Waals surface area contributed by atoms with Crippen LogP contribution >= 0.6 is 0 Å². The molecule has 1 unspecified atom stereocenters. The Balaban J connectivity index is 1.95. The van der Waals surface area contributed by atoms with E-state index in [0.717, 1.165) is 18.4 Å². The maximum Gasteiger partial charge on any atom is 0.279 e. The largest absolute Gasteiger partial charge is 0.399 e. The highest BCUT2D eigenvalue weighted by atomic mass is 32.2. The lowest BCUT2D eigenvalue weighted by molar-refractivity contribution is 0.278. The second-order valence-electron chi connectivity index (χ2n) is 5.17. The van der Waals surface area contributed by atoms with E-state index >= 15 is 0 Å². The zero-order valence-corrected chi connectivity index (χ0v) is 12.0. The molecule has 0 amide bonds. The zero-order chi connectivity index (χ0) is 13.9. The van der Waals surface area contributed by atoms with Crippen molar-refractivity contribution in [3.05, 3.63) is 29.8 Å². The molecule has 5 nitrogen and oxygen atoms in total. The van der Waals surface area contributed by atoms with Crippen molar-refractivity contribution in [2.45, 2.75) is 26.3 Å². The van der Waals surface area contributed by atoms with Gasteiger partial charge >= 0.3 is 0 Å². The highest BCUT2D eigenvalue weighted by Crippen LogP contribution is 2.17. The minimum absolute atomic E-state index is 0.299. The molecule has 1 aliphatic heterocycles. The Morgan fingerprint density at radius 1 is 1.37 bits per heavy atom. The Kier molecular flexibility index (Phi) is 4.44. The lowest BCUT2D eigenvalue weighted by Crippen LogP contribution is -2.45. The lowest BCUT2D eigenvalue weighted by Gasteiger charge is -2.29. The van der Waals surface area contributed by atoms with Gasteiger partial charge in [0.25, 0.3) is 10.2 Å². The summed E-state index contributed by atoms with van der Waals surface area (Å²) < 4.78 is 28.5. The van der Waals surface area contributed by atoms with Crippen LogP contribution in [0.4, 0.5) is 5.69 Å². The van der Waals surface area contributed by atoms with Gasteiger partial charge in [-0.3, -0.25) is 0 Å². The van der Waals surface area contributed by atoms with Crippen LogP contribution in [0.2, 0.25) is 0 Å². The fourth-order valence-corrected chi connectivity index (χ4v) is 3.62. The van der Waals surface area contributed by atoms with Crippen LogP contribution in [-0.4, -0.2) is 25.8 Å². The molecule has 1 aromatic rings. The molecule has 1 aliphatic rings. The first kappa shape index (κ1) is 14.3. The number of nitrogens with one attached hydrogen (secondary N) is 1. The van der Waals surface area contributed by atoms with Gasteiger partial charge in [0.1, 0.15) is 0 Å². The first-order valence-corrected chi connectivity index (χ1v) is 8.00. The number of nitrogens with two attached hydrogens (primary N) is 1. The average Bonchev–Trinajstić information content (AvgIpc) is 2.38. The summed E-state index contributed by atoms with van der Waals surface area (Å²) >= 11 is 0. The van der Waals surface area contributed by atoms with Gasteiger partial charge in [0.15, 0.2) is 0 Å². The molecule has 0 radical (unpaired) electrons. The normalized spacial score (nSPS) is 21.4. The highest BCUT2D eigenvalue weighted by molar-refractivity contribution is 7.87. The maximum atomic E-state index is 12.2. The molecular formula is C13H21N3O2S. The number of benzene rings is 1. The highest BCUT2D eigenvalue weighted by Gasteiger charge is 2.26. The van der Waals surface area contributed by atoms with Crippen LogP contribution in [-0.2, 0) is 16.8 Å². The van der Waals surface area contributed by atoms with Crippen LogP contribution in [0.1, 0.15) is 25.3 Å². The van der Waals surface area contributed by atoms with Crippen LogP contribution < -0.4 is 10.5 Å². The molecule has 2 rings (SSSR count). The van der Waals surface area contributed by atoms with E-state index in [1.54, 1.807) is 16.4 Å². The van der Waals surface area contributed by atoms with E-state index in [-0.39, 0.29) is 0 Å². The van der Waals surface area contributed by atoms with E-state index in [2.05, 4.69) is 11.6 Å². The van der Waals surface area contributed by atoms with Gasteiger partial charge in [-0.15, -0.1) is 0 Å². The summed E-state index contributed by atoms with van der Waals surface area (Å²) in [6.45, 7) is 3.60. The maximum absolute atomic E-state index is 12.2. The summed E-state index contributed by atoms with van der Waals surface area (Å²) in [7, 11) is -3.37. The topological polar surface area (TPSA) is 75.4 Å². The second kappa shape index (κ2) is 5.90. The van der Waals surface area contributed by atoms with Crippen LogP contribution in [0.15, 0.2) is 24.3 Å². The minimum Gasteiger partial charge on any atom is -0.399 e. The molecule has 1 saturated heterocycles. The monoisotopic (exact) mass is 283 g/mol. The Bertz CT molecular complexity index is 513. The Labute approximate surface area is 115 Å². The second-order valence-corrected chi connectivity index (χ2v) is 6.93. The summed E-state index contributed by atoms with van der Waals surface area (Å²) in [4.78, 5) is 0. The number of nitrogens with zero attached hydrogens (tertiary/aromatic N) is 1. The van der Waals surface area contributed by atoms with Crippen LogP contribution in [0.5, 0.6) is 0 Å². The van der Waals surface area contributed by atoms with Crippen molar-refractivity contribution >= 4 is 15.9 Å². The molecule has 0 aliphatic carbocycles. The number of anilines is 1. The molecular weight excluding hydrogens is 262 g/mol. The third kappa shape index (κ3) is 3.92.